The van der Waals surface area contributed by atoms with Crippen molar-refractivity contribution in [3.63, 3.8) is 0 Å². The van der Waals surface area contributed by atoms with Gasteiger partial charge in [-0.2, -0.15) is 13.2 Å². The predicted octanol–water partition coefficient (Wildman–Crippen LogP) is 0.976. The summed E-state index contributed by atoms with van der Waals surface area (Å²) in [5, 5.41) is 8.81. The van der Waals surface area contributed by atoms with Gasteiger partial charge in [-0.1, -0.05) is 0 Å². The van der Waals surface area contributed by atoms with Crippen LogP contribution in [0, 0.1) is 5.92 Å². The molecule has 0 aromatic carbocycles. The van der Waals surface area contributed by atoms with Gasteiger partial charge in [-0.3, -0.25) is 14.4 Å². The molecule has 0 bridgehead atoms. The fourth-order valence-electron chi connectivity index (χ4n) is 3.87. The zero-order valence-corrected chi connectivity index (χ0v) is 19.6. The monoisotopic (exact) mass is 524 g/mol. The Morgan fingerprint density at radius 3 is 2.46 bits per heavy atom. The van der Waals surface area contributed by atoms with Crippen molar-refractivity contribution >= 4 is 29.4 Å². The zero-order chi connectivity index (χ0) is 26.7. The number of carbonyl (C=O) groups excluding carboxylic acids is 2. The number of hydrogen-bond donors (Lipinski definition) is 1. The molecule has 2 fully saturated rings. The van der Waals surface area contributed by atoms with Crippen molar-refractivity contribution in [2.45, 2.75) is 18.7 Å². The van der Waals surface area contributed by atoms with Crippen LogP contribution < -0.4 is 19.3 Å². The van der Waals surface area contributed by atoms with Gasteiger partial charge in [-0.15, -0.1) is 0 Å². The number of nitrogens with zero attached hydrogens (tertiary/aromatic N) is 6. The van der Waals surface area contributed by atoms with Gasteiger partial charge in [-0.05, 0) is 6.07 Å². The number of amides is 2. The standard InChI is InChI=1S/C22H23F3N6O6/c1-29(11-18(32)33)19(34)13-9-30(10-13)21-27-6-14(7-28-21)31-5-4-16(20(31)35)37-15-2-3-17(26-8-15)36-12-22(23,24)25/h2-3,6-8,13,16H,4-5,9-12H2,1H3,(H,32,33)/t16-/m1/s1. The number of anilines is 2. The van der Waals surface area contributed by atoms with Crippen molar-refractivity contribution in [2.75, 3.05) is 49.6 Å². The fourth-order valence-corrected chi connectivity index (χ4v) is 3.87. The Kier molecular flexibility index (Phi) is 7.31. The SMILES string of the molecule is CN(CC(=O)O)C(=O)C1CN(c2ncc(N3CC[C@@H](Oc4ccc(OCC(F)(F)F)nc4)C3=O)cn2)C1. The van der Waals surface area contributed by atoms with Crippen LogP contribution in [0.5, 0.6) is 11.6 Å². The highest BCUT2D eigenvalue weighted by atomic mass is 19.4. The second kappa shape index (κ2) is 10.4. The number of halogens is 3. The van der Waals surface area contributed by atoms with Crippen LogP contribution in [0.2, 0.25) is 0 Å². The number of aliphatic carboxylic acids is 1. The van der Waals surface area contributed by atoms with Gasteiger partial charge in [0.25, 0.3) is 5.91 Å². The molecule has 198 valence electrons. The minimum atomic E-state index is -4.48. The van der Waals surface area contributed by atoms with Crippen LogP contribution in [0.3, 0.4) is 0 Å². The largest absolute Gasteiger partial charge is 0.480 e. The summed E-state index contributed by atoms with van der Waals surface area (Å²) in [4.78, 5) is 52.5. The summed E-state index contributed by atoms with van der Waals surface area (Å²) in [6, 6.07) is 2.60. The maximum absolute atomic E-state index is 12.8. The molecule has 1 N–H and O–H groups in total. The second-order valence-electron chi connectivity index (χ2n) is 8.55. The van der Waals surface area contributed by atoms with Crippen molar-refractivity contribution in [3.8, 4) is 11.6 Å². The highest BCUT2D eigenvalue weighted by Gasteiger charge is 2.37. The first-order chi connectivity index (χ1) is 17.5. The molecule has 2 aromatic rings. The van der Waals surface area contributed by atoms with Gasteiger partial charge in [0.2, 0.25) is 17.7 Å². The Hall–Kier alpha value is -4.17. The van der Waals surface area contributed by atoms with Gasteiger partial charge >= 0.3 is 12.1 Å². The number of hydrogen-bond acceptors (Lipinski definition) is 9. The summed E-state index contributed by atoms with van der Waals surface area (Å²) >= 11 is 0. The van der Waals surface area contributed by atoms with E-state index in [1.807, 2.05) is 0 Å². The summed E-state index contributed by atoms with van der Waals surface area (Å²) in [5.74, 6) is -1.64. The van der Waals surface area contributed by atoms with Crippen LogP contribution in [0.1, 0.15) is 6.42 Å². The van der Waals surface area contributed by atoms with E-state index in [4.69, 9.17) is 9.84 Å². The smallest absolute Gasteiger partial charge is 0.422 e. The highest BCUT2D eigenvalue weighted by Crippen LogP contribution is 2.27. The van der Waals surface area contributed by atoms with E-state index in [0.717, 1.165) is 4.90 Å². The van der Waals surface area contributed by atoms with Gasteiger partial charge < -0.3 is 29.3 Å². The molecule has 0 aliphatic carbocycles. The maximum atomic E-state index is 12.8. The van der Waals surface area contributed by atoms with Crippen LogP contribution >= 0.6 is 0 Å². The van der Waals surface area contributed by atoms with E-state index in [-0.39, 0.29) is 35.9 Å². The number of likely N-dealkylation sites (N-methyl/N-ethyl adjacent to an activating group) is 1. The van der Waals surface area contributed by atoms with Crippen LogP contribution in [0.15, 0.2) is 30.7 Å². The number of carbonyl (C=O) groups is 3. The third-order valence-electron chi connectivity index (χ3n) is 5.73. The number of ether oxygens (including phenoxy) is 2. The lowest BCUT2D eigenvalue weighted by molar-refractivity contribution is -0.154. The summed E-state index contributed by atoms with van der Waals surface area (Å²) in [5.41, 5.74) is 0.461. The minimum absolute atomic E-state index is 0.210. The first-order valence-corrected chi connectivity index (χ1v) is 11.2. The molecule has 37 heavy (non-hydrogen) atoms. The van der Waals surface area contributed by atoms with Gasteiger partial charge in [0.05, 0.1) is 30.2 Å². The molecule has 2 amide bonds. The number of carboxylic acids is 1. The Labute approximate surface area is 208 Å². The Morgan fingerprint density at radius 1 is 1.16 bits per heavy atom. The third kappa shape index (κ3) is 6.34. The molecule has 2 saturated heterocycles. The van der Waals surface area contributed by atoms with Crippen LogP contribution in [-0.2, 0) is 14.4 Å². The number of alkyl halides is 3. The van der Waals surface area contributed by atoms with Crippen LogP contribution in [-0.4, -0.2) is 94.9 Å². The van der Waals surface area contributed by atoms with Crippen LogP contribution in [0.25, 0.3) is 0 Å². The molecule has 0 radical (unpaired) electrons. The number of aromatic nitrogens is 3. The summed E-state index contributed by atoms with van der Waals surface area (Å²) in [7, 11) is 1.44. The molecule has 4 rings (SSSR count). The zero-order valence-electron chi connectivity index (χ0n) is 19.6. The van der Waals surface area contributed by atoms with Crippen molar-refractivity contribution in [2.24, 2.45) is 5.92 Å². The van der Waals surface area contributed by atoms with Crippen molar-refractivity contribution in [1.29, 1.82) is 0 Å². The van der Waals surface area contributed by atoms with Crippen molar-refractivity contribution in [3.05, 3.63) is 30.7 Å². The predicted molar refractivity (Wildman–Crippen MR) is 120 cm³/mol. The minimum Gasteiger partial charge on any atom is -0.480 e. The Bertz CT molecular complexity index is 1140. The summed E-state index contributed by atoms with van der Waals surface area (Å²) in [6.07, 6.45) is -0.759. The van der Waals surface area contributed by atoms with E-state index in [0.29, 0.717) is 37.7 Å². The number of rotatable bonds is 9. The van der Waals surface area contributed by atoms with Gasteiger partial charge in [-0.25, -0.2) is 15.0 Å². The molecule has 15 heteroatoms. The molecular formula is C22H23F3N6O6. The normalized spacial score (nSPS) is 17.9. The topological polar surface area (TPSA) is 138 Å². The van der Waals surface area contributed by atoms with Crippen LogP contribution in [0.4, 0.5) is 24.8 Å². The Balaban J connectivity index is 1.28. The molecule has 2 aliphatic heterocycles. The lowest BCUT2D eigenvalue weighted by Crippen LogP contribution is -2.55. The second-order valence-corrected chi connectivity index (χ2v) is 8.55. The summed E-state index contributed by atoms with van der Waals surface area (Å²) < 4.78 is 46.9. The molecule has 12 nitrogen and oxygen atoms in total. The highest BCUT2D eigenvalue weighted by molar-refractivity contribution is 5.98. The molecule has 0 spiro atoms. The number of pyridine rings is 1. The first kappa shape index (κ1) is 25.9. The van der Waals surface area contributed by atoms with E-state index in [2.05, 4.69) is 19.7 Å². The van der Waals surface area contributed by atoms with E-state index < -0.39 is 24.9 Å². The number of carboxylic acid groups (broad SMARTS) is 1. The quantitative estimate of drug-likeness (QED) is 0.505. The molecule has 4 heterocycles. The van der Waals surface area contributed by atoms with Gasteiger partial charge in [0, 0.05) is 39.2 Å². The lowest BCUT2D eigenvalue weighted by atomic mass is 9.99. The molecule has 2 aliphatic rings. The first-order valence-electron chi connectivity index (χ1n) is 11.2. The van der Waals surface area contributed by atoms with E-state index in [1.54, 1.807) is 4.90 Å². The summed E-state index contributed by atoms with van der Waals surface area (Å²) in [6.45, 7) is -0.767. The molecular weight excluding hydrogens is 501 g/mol. The average Bonchev–Trinajstić information content (AvgIpc) is 3.17. The van der Waals surface area contributed by atoms with Gasteiger partial charge in [0.1, 0.15) is 12.3 Å². The van der Waals surface area contributed by atoms with Crippen molar-refractivity contribution < 1.29 is 42.1 Å². The van der Waals surface area contributed by atoms with Crippen molar-refractivity contribution in [1.82, 2.24) is 19.9 Å². The lowest BCUT2D eigenvalue weighted by Gasteiger charge is -2.39. The van der Waals surface area contributed by atoms with E-state index >= 15 is 0 Å². The maximum Gasteiger partial charge on any atom is 0.422 e. The van der Waals surface area contributed by atoms with Gasteiger partial charge in [0.15, 0.2) is 12.7 Å². The molecule has 2 aromatic heterocycles. The molecule has 0 saturated carbocycles. The fraction of sp³-hybridized carbons (Fsp3) is 0.455. The molecule has 1 atom stereocenters. The average molecular weight is 524 g/mol. The van der Waals surface area contributed by atoms with E-state index in [1.165, 1.54) is 42.7 Å². The third-order valence-corrected chi connectivity index (χ3v) is 5.73. The van der Waals surface area contributed by atoms with E-state index in [9.17, 15) is 27.6 Å². The Morgan fingerprint density at radius 2 is 1.86 bits per heavy atom. The molecule has 0 unspecified atom stereocenters.